The molecule has 0 fully saturated rings. The van der Waals surface area contributed by atoms with Gasteiger partial charge in [0.15, 0.2) is 0 Å². The number of benzene rings is 1. The fraction of sp³-hybridized carbons (Fsp3) is 0.455. The first-order valence-electron chi connectivity index (χ1n) is 5.27. The summed E-state index contributed by atoms with van der Waals surface area (Å²) < 4.78 is 39.7. The highest BCUT2D eigenvalue weighted by atomic mass is 79.9. The average Bonchev–Trinajstić information content (AvgIpc) is 2.24. The molecule has 7 heteroatoms. The summed E-state index contributed by atoms with van der Waals surface area (Å²) in [6, 6.07) is 2.68. The average molecular weight is 359 g/mol. The second kappa shape index (κ2) is 6.21. The lowest BCUT2D eigenvalue weighted by Crippen LogP contribution is -2.22. The molecule has 0 heterocycles. The largest absolute Gasteiger partial charge is 0.283 e. The molecule has 0 amide bonds. The quantitative estimate of drug-likeness (QED) is 0.819. The fourth-order valence-electron chi connectivity index (χ4n) is 1.38. The molecular weight excluding hydrogens is 345 g/mol. The Morgan fingerprint density at radius 1 is 1.50 bits per heavy atom. The maximum atomic E-state index is 13.4. The van der Waals surface area contributed by atoms with Gasteiger partial charge in [0, 0.05) is 5.88 Å². The zero-order valence-electron chi connectivity index (χ0n) is 10.0. The van der Waals surface area contributed by atoms with Crippen molar-refractivity contribution in [2.75, 3.05) is 16.4 Å². The number of hydrogen-bond acceptors (Lipinski definition) is 2. The molecule has 0 aliphatic heterocycles. The summed E-state index contributed by atoms with van der Waals surface area (Å²) in [6.07, 6.45) is 0. The smallest absolute Gasteiger partial charge is 0.233 e. The van der Waals surface area contributed by atoms with Gasteiger partial charge in [0.25, 0.3) is 0 Å². The van der Waals surface area contributed by atoms with Gasteiger partial charge in [0.2, 0.25) is 10.0 Å². The lowest BCUT2D eigenvalue weighted by atomic mass is 10.2. The van der Waals surface area contributed by atoms with E-state index in [2.05, 4.69) is 20.7 Å². The molecule has 1 rings (SSSR count). The van der Waals surface area contributed by atoms with Crippen LogP contribution < -0.4 is 4.72 Å². The van der Waals surface area contributed by atoms with Crippen LogP contribution in [0.4, 0.5) is 10.1 Å². The molecule has 0 saturated heterocycles. The normalized spacial score (nSPS) is 13.4. The number of aryl methyl sites for hydroxylation is 1. The van der Waals surface area contributed by atoms with Crippen LogP contribution >= 0.6 is 27.5 Å². The van der Waals surface area contributed by atoms with Crippen LogP contribution in [0.5, 0.6) is 0 Å². The first-order chi connectivity index (χ1) is 8.25. The van der Waals surface area contributed by atoms with E-state index in [1.165, 1.54) is 6.07 Å². The maximum Gasteiger partial charge on any atom is 0.233 e. The van der Waals surface area contributed by atoms with E-state index >= 15 is 0 Å². The number of anilines is 1. The lowest BCUT2D eigenvalue weighted by molar-refractivity contribution is 0.588. The van der Waals surface area contributed by atoms with Crippen LogP contribution in [-0.4, -0.2) is 20.1 Å². The van der Waals surface area contributed by atoms with Gasteiger partial charge in [-0.05, 0) is 46.5 Å². The first-order valence-corrected chi connectivity index (χ1v) is 8.25. The minimum absolute atomic E-state index is 0.0897. The molecule has 18 heavy (non-hydrogen) atoms. The second-order valence-corrected chi connectivity index (χ2v) is 7.15. The molecule has 1 aromatic carbocycles. The van der Waals surface area contributed by atoms with Crippen LogP contribution in [0.3, 0.4) is 0 Å². The Morgan fingerprint density at radius 3 is 2.67 bits per heavy atom. The molecule has 1 aromatic rings. The first kappa shape index (κ1) is 15.7. The van der Waals surface area contributed by atoms with Gasteiger partial charge in [-0.2, -0.15) is 0 Å². The number of rotatable bonds is 5. The van der Waals surface area contributed by atoms with Crippen LogP contribution in [0.2, 0.25) is 0 Å². The second-order valence-electron chi connectivity index (χ2n) is 4.22. The van der Waals surface area contributed by atoms with Crippen molar-refractivity contribution in [3.05, 3.63) is 28.0 Å². The zero-order valence-corrected chi connectivity index (χ0v) is 13.2. The van der Waals surface area contributed by atoms with E-state index in [9.17, 15) is 12.8 Å². The van der Waals surface area contributed by atoms with Gasteiger partial charge in [-0.15, -0.1) is 11.6 Å². The molecule has 0 radical (unpaired) electrons. The Hall–Kier alpha value is -0.330. The van der Waals surface area contributed by atoms with Gasteiger partial charge in [-0.3, -0.25) is 4.72 Å². The summed E-state index contributed by atoms with van der Waals surface area (Å²) in [5.74, 6) is -0.504. The van der Waals surface area contributed by atoms with Crippen LogP contribution in [-0.2, 0) is 10.0 Å². The minimum Gasteiger partial charge on any atom is -0.283 e. The Morgan fingerprint density at radius 2 is 2.11 bits per heavy atom. The molecule has 102 valence electrons. The van der Waals surface area contributed by atoms with Crippen molar-refractivity contribution < 1.29 is 12.8 Å². The molecule has 0 saturated carbocycles. The standard InChI is InChI=1S/C11H14BrClFNO2S/c1-7(5-13)6-18(16,17)15-11-4-10(14)9(12)3-8(11)2/h3-4,7,15H,5-6H2,1-2H3. The number of alkyl halides is 1. The molecule has 1 N–H and O–H groups in total. The number of nitrogens with one attached hydrogen (secondary N) is 1. The minimum atomic E-state index is -3.51. The predicted molar refractivity (Wildman–Crippen MR) is 76.1 cm³/mol. The summed E-state index contributed by atoms with van der Waals surface area (Å²) in [7, 11) is -3.51. The zero-order chi connectivity index (χ0) is 13.9. The fourth-order valence-corrected chi connectivity index (χ4v) is 3.59. The molecular formula is C11H14BrClFNO2S. The molecule has 0 aliphatic carbocycles. The van der Waals surface area contributed by atoms with Crippen LogP contribution in [0.25, 0.3) is 0 Å². The molecule has 1 unspecified atom stereocenters. The summed E-state index contributed by atoms with van der Waals surface area (Å²) in [5, 5.41) is 0. The van der Waals surface area contributed by atoms with E-state index in [1.54, 1.807) is 13.8 Å². The van der Waals surface area contributed by atoms with E-state index in [4.69, 9.17) is 11.6 Å². The van der Waals surface area contributed by atoms with E-state index in [1.807, 2.05) is 0 Å². The number of hydrogen-bond donors (Lipinski definition) is 1. The Bertz CT molecular complexity index is 536. The lowest BCUT2D eigenvalue weighted by Gasteiger charge is -2.13. The van der Waals surface area contributed by atoms with Gasteiger partial charge >= 0.3 is 0 Å². The van der Waals surface area contributed by atoms with Gasteiger partial charge < -0.3 is 0 Å². The molecule has 0 bridgehead atoms. The van der Waals surface area contributed by atoms with Crippen molar-refractivity contribution in [2.45, 2.75) is 13.8 Å². The van der Waals surface area contributed by atoms with Crippen LogP contribution in [0, 0.1) is 18.7 Å². The van der Waals surface area contributed by atoms with Crippen LogP contribution in [0.1, 0.15) is 12.5 Å². The van der Waals surface area contributed by atoms with Gasteiger partial charge in [0.1, 0.15) is 5.82 Å². The Labute approximate surface area is 120 Å². The highest BCUT2D eigenvalue weighted by Crippen LogP contribution is 2.25. The molecule has 0 aromatic heterocycles. The van der Waals surface area contributed by atoms with Crippen molar-refractivity contribution in [3.63, 3.8) is 0 Å². The summed E-state index contributed by atoms with van der Waals surface area (Å²) in [5.41, 5.74) is 0.892. The summed E-state index contributed by atoms with van der Waals surface area (Å²) in [6.45, 7) is 3.44. The molecule has 3 nitrogen and oxygen atoms in total. The number of sulfonamides is 1. The van der Waals surface area contributed by atoms with E-state index in [-0.39, 0.29) is 23.2 Å². The van der Waals surface area contributed by atoms with Crippen molar-refractivity contribution in [1.82, 2.24) is 0 Å². The SMILES string of the molecule is Cc1cc(Br)c(F)cc1NS(=O)(=O)CC(C)CCl. The van der Waals surface area contributed by atoms with Crippen molar-refractivity contribution in [2.24, 2.45) is 5.92 Å². The van der Waals surface area contributed by atoms with E-state index < -0.39 is 15.8 Å². The monoisotopic (exact) mass is 357 g/mol. The highest BCUT2D eigenvalue weighted by Gasteiger charge is 2.17. The van der Waals surface area contributed by atoms with Gasteiger partial charge in [-0.25, -0.2) is 12.8 Å². The molecule has 1 atom stereocenters. The van der Waals surface area contributed by atoms with Gasteiger partial charge in [-0.1, -0.05) is 6.92 Å². The Kier molecular flexibility index (Phi) is 5.43. The van der Waals surface area contributed by atoms with Crippen LogP contribution in [0.15, 0.2) is 16.6 Å². The molecule has 0 spiro atoms. The maximum absolute atomic E-state index is 13.4. The van der Waals surface area contributed by atoms with Crippen molar-refractivity contribution in [1.29, 1.82) is 0 Å². The topological polar surface area (TPSA) is 46.2 Å². The number of halogens is 3. The van der Waals surface area contributed by atoms with E-state index in [0.717, 1.165) is 6.07 Å². The highest BCUT2D eigenvalue weighted by molar-refractivity contribution is 9.10. The van der Waals surface area contributed by atoms with Crippen molar-refractivity contribution in [3.8, 4) is 0 Å². The van der Waals surface area contributed by atoms with E-state index in [0.29, 0.717) is 10.0 Å². The van der Waals surface area contributed by atoms with Gasteiger partial charge in [0.05, 0.1) is 15.9 Å². The Balaban J connectivity index is 2.94. The third-order valence-corrected chi connectivity index (χ3v) is 4.97. The van der Waals surface area contributed by atoms with Crippen molar-refractivity contribution >= 4 is 43.2 Å². The predicted octanol–water partition coefficient (Wildman–Crippen LogP) is 3.51. The third-order valence-electron chi connectivity index (χ3n) is 2.30. The summed E-state index contributed by atoms with van der Waals surface area (Å²) in [4.78, 5) is 0. The summed E-state index contributed by atoms with van der Waals surface area (Å²) >= 11 is 8.62. The third kappa shape index (κ3) is 4.40. The molecule has 0 aliphatic rings.